The molecule has 0 aliphatic heterocycles. The summed E-state index contributed by atoms with van der Waals surface area (Å²) in [4.78, 5) is 16.7. The molecular weight excluding hydrogens is 472 g/mol. The number of rotatable bonds is 14. The molecule has 0 aliphatic rings. The molecule has 0 heterocycles. The molecule has 0 saturated heterocycles. The topological polar surface area (TPSA) is 166 Å². The minimum absolute atomic E-state index is 0.0203. The van der Waals surface area contributed by atoms with Crippen molar-refractivity contribution in [2.75, 3.05) is 13.2 Å². The van der Waals surface area contributed by atoms with Crippen molar-refractivity contribution in [3.05, 3.63) is 59.7 Å². The number of hydrogen-bond acceptors (Lipinski definition) is 6. The monoisotopic (exact) mass is 506 g/mol. The Kier molecular flexibility index (Phi) is 9.90. The van der Waals surface area contributed by atoms with Crippen molar-refractivity contribution < 1.29 is 27.9 Å². The molecule has 0 fully saturated rings. The number of carbonyl (C=O) groups is 1. The standard InChI is InChI=1S/C24H34N4O6S/c1-4-24(2,3)18-8-12-20(13-9-18)35(31,32)28-21(22(29)30)16-17-6-10-19(11-7-17)33-14-5-15-34-27-23(25)26/h6-13,21,28H,4-5,14-16H2,1-3H3,(H,29,30)(H4,25,26,27)/t21-/m0/s1. The largest absolute Gasteiger partial charge is 0.493 e. The molecule has 0 unspecified atom stereocenters. The quantitative estimate of drug-likeness (QED) is 0.131. The highest BCUT2D eigenvalue weighted by Gasteiger charge is 2.26. The van der Waals surface area contributed by atoms with E-state index in [0.717, 1.165) is 12.0 Å². The summed E-state index contributed by atoms with van der Waals surface area (Å²) >= 11 is 0. The van der Waals surface area contributed by atoms with Gasteiger partial charge >= 0.3 is 5.97 Å². The number of benzene rings is 2. The van der Waals surface area contributed by atoms with E-state index in [1.165, 1.54) is 12.1 Å². The second-order valence-electron chi connectivity index (χ2n) is 8.67. The first kappa shape index (κ1) is 27.9. The average molecular weight is 507 g/mol. The molecule has 11 heteroatoms. The number of nitrogens with two attached hydrogens (primary N) is 2. The molecule has 0 radical (unpaired) electrons. The van der Waals surface area contributed by atoms with Crippen LogP contribution in [0.1, 0.15) is 44.7 Å². The van der Waals surface area contributed by atoms with E-state index in [2.05, 4.69) is 30.6 Å². The van der Waals surface area contributed by atoms with Gasteiger partial charge in [0, 0.05) is 6.42 Å². The maximum atomic E-state index is 12.8. The van der Waals surface area contributed by atoms with Crippen LogP contribution in [0.2, 0.25) is 0 Å². The second kappa shape index (κ2) is 12.4. The summed E-state index contributed by atoms with van der Waals surface area (Å²) in [5.41, 5.74) is 11.9. The van der Waals surface area contributed by atoms with E-state index < -0.39 is 22.0 Å². The lowest BCUT2D eigenvalue weighted by Gasteiger charge is -2.23. The van der Waals surface area contributed by atoms with Gasteiger partial charge in [-0.3, -0.25) is 4.79 Å². The van der Waals surface area contributed by atoms with Gasteiger partial charge in [-0.2, -0.15) is 4.72 Å². The van der Waals surface area contributed by atoms with Gasteiger partial charge in [0.2, 0.25) is 16.0 Å². The highest BCUT2D eigenvalue weighted by atomic mass is 32.2. The zero-order chi connectivity index (χ0) is 26.1. The number of ether oxygens (including phenoxy) is 1. The van der Waals surface area contributed by atoms with Gasteiger partial charge in [0.15, 0.2) is 0 Å². The number of hydrogen-bond donors (Lipinski definition) is 4. The highest BCUT2D eigenvalue weighted by molar-refractivity contribution is 7.89. The smallest absolute Gasteiger partial charge is 0.322 e. The van der Waals surface area contributed by atoms with Crippen LogP contribution in [0.3, 0.4) is 0 Å². The van der Waals surface area contributed by atoms with Gasteiger partial charge in [0.1, 0.15) is 18.4 Å². The Morgan fingerprint density at radius 1 is 1.09 bits per heavy atom. The van der Waals surface area contributed by atoms with Gasteiger partial charge in [-0.1, -0.05) is 45.0 Å². The molecule has 0 bridgehead atoms. The average Bonchev–Trinajstić information content (AvgIpc) is 2.81. The Bertz CT molecular complexity index is 1100. The molecule has 192 valence electrons. The number of oxime groups is 1. The summed E-state index contributed by atoms with van der Waals surface area (Å²) in [5.74, 6) is -0.839. The predicted octanol–water partition coefficient (Wildman–Crippen LogP) is 2.32. The number of nitrogens with one attached hydrogen (secondary N) is 1. The zero-order valence-electron chi connectivity index (χ0n) is 20.2. The molecule has 2 aromatic carbocycles. The molecule has 1 atom stereocenters. The SMILES string of the molecule is CCC(C)(C)c1ccc(S(=O)(=O)N[C@@H](Cc2ccc(OCCCON=C(N)N)cc2)C(=O)O)cc1. The van der Waals surface area contributed by atoms with Gasteiger partial charge in [-0.25, -0.2) is 8.42 Å². The molecule has 0 amide bonds. The van der Waals surface area contributed by atoms with Crippen molar-refractivity contribution in [3.8, 4) is 5.75 Å². The minimum Gasteiger partial charge on any atom is -0.493 e. The van der Waals surface area contributed by atoms with E-state index in [1.807, 2.05) is 0 Å². The van der Waals surface area contributed by atoms with Crippen molar-refractivity contribution in [1.82, 2.24) is 4.72 Å². The van der Waals surface area contributed by atoms with Crippen LogP contribution in [0.4, 0.5) is 0 Å². The fraction of sp³-hybridized carbons (Fsp3) is 0.417. The Hall–Kier alpha value is -3.31. The summed E-state index contributed by atoms with van der Waals surface area (Å²) in [7, 11) is -4.02. The van der Waals surface area contributed by atoms with E-state index in [-0.39, 0.29) is 29.3 Å². The summed E-state index contributed by atoms with van der Waals surface area (Å²) in [6.07, 6.45) is 1.43. The van der Waals surface area contributed by atoms with Crippen molar-refractivity contribution in [1.29, 1.82) is 0 Å². The van der Waals surface area contributed by atoms with Crippen LogP contribution in [0.15, 0.2) is 58.6 Å². The second-order valence-corrected chi connectivity index (χ2v) is 10.4. The number of guanidine groups is 1. The van der Waals surface area contributed by atoms with Gasteiger partial charge in [0.05, 0.1) is 11.5 Å². The van der Waals surface area contributed by atoms with Gasteiger partial charge in [0.25, 0.3) is 0 Å². The number of nitrogens with zero attached hydrogens (tertiary/aromatic N) is 1. The molecule has 0 spiro atoms. The number of aliphatic carboxylic acids is 1. The Labute approximate surface area is 206 Å². The van der Waals surface area contributed by atoms with E-state index in [9.17, 15) is 18.3 Å². The first-order chi connectivity index (χ1) is 16.4. The first-order valence-electron chi connectivity index (χ1n) is 11.2. The van der Waals surface area contributed by atoms with Gasteiger partial charge in [-0.05, 0) is 58.8 Å². The van der Waals surface area contributed by atoms with Gasteiger partial charge in [-0.15, -0.1) is 0 Å². The molecular formula is C24H34N4O6S. The summed E-state index contributed by atoms with van der Waals surface area (Å²) < 4.78 is 33.5. The predicted molar refractivity (Wildman–Crippen MR) is 134 cm³/mol. The normalized spacial score (nSPS) is 12.5. The summed E-state index contributed by atoms with van der Waals surface area (Å²) in [5, 5.41) is 13.0. The fourth-order valence-electron chi connectivity index (χ4n) is 3.12. The van der Waals surface area contributed by atoms with E-state index >= 15 is 0 Å². The van der Waals surface area contributed by atoms with Crippen molar-refractivity contribution in [2.24, 2.45) is 16.6 Å². The molecule has 10 nitrogen and oxygen atoms in total. The molecule has 0 aliphatic carbocycles. The molecule has 2 rings (SSSR count). The Morgan fingerprint density at radius 2 is 1.71 bits per heavy atom. The Morgan fingerprint density at radius 3 is 2.26 bits per heavy atom. The Balaban J connectivity index is 1.98. The lowest BCUT2D eigenvalue weighted by Crippen LogP contribution is -2.42. The van der Waals surface area contributed by atoms with Crippen molar-refractivity contribution in [3.63, 3.8) is 0 Å². The zero-order valence-corrected chi connectivity index (χ0v) is 21.0. The molecule has 6 N–H and O–H groups in total. The number of sulfonamides is 1. The molecule has 0 aromatic heterocycles. The van der Waals surface area contributed by atoms with Crippen LogP contribution in [-0.4, -0.2) is 44.7 Å². The van der Waals surface area contributed by atoms with Crippen molar-refractivity contribution >= 4 is 22.0 Å². The molecule has 0 saturated carbocycles. The lowest BCUT2D eigenvalue weighted by atomic mass is 9.82. The van der Waals surface area contributed by atoms with Crippen molar-refractivity contribution in [2.45, 2.75) is 56.4 Å². The number of carboxylic acid groups (broad SMARTS) is 1. The van der Waals surface area contributed by atoms with Gasteiger partial charge < -0.3 is 26.1 Å². The third-order valence-corrected chi connectivity index (χ3v) is 7.09. The van der Waals surface area contributed by atoms with Crippen LogP contribution < -0.4 is 20.9 Å². The molecule has 35 heavy (non-hydrogen) atoms. The van der Waals surface area contributed by atoms with Crippen LogP contribution in [0.25, 0.3) is 0 Å². The van der Waals surface area contributed by atoms with Crippen LogP contribution in [0.5, 0.6) is 5.75 Å². The van der Waals surface area contributed by atoms with Crippen LogP contribution in [0, 0.1) is 0 Å². The minimum atomic E-state index is -4.02. The highest BCUT2D eigenvalue weighted by Crippen LogP contribution is 2.27. The molecule has 2 aromatic rings. The third-order valence-electron chi connectivity index (χ3n) is 5.61. The third kappa shape index (κ3) is 8.76. The van der Waals surface area contributed by atoms with Crippen LogP contribution in [-0.2, 0) is 31.5 Å². The first-order valence-corrected chi connectivity index (χ1v) is 12.7. The number of carboxylic acids is 1. The van der Waals surface area contributed by atoms with E-state index in [0.29, 0.717) is 24.3 Å². The lowest BCUT2D eigenvalue weighted by molar-refractivity contribution is -0.138. The van der Waals surface area contributed by atoms with Crippen LogP contribution >= 0.6 is 0 Å². The summed E-state index contributed by atoms with van der Waals surface area (Å²) in [6.45, 7) is 6.87. The van der Waals surface area contributed by atoms with E-state index in [4.69, 9.17) is 21.0 Å². The van der Waals surface area contributed by atoms with E-state index in [1.54, 1.807) is 36.4 Å². The fourth-order valence-corrected chi connectivity index (χ4v) is 4.30. The maximum Gasteiger partial charge on any atom is 0.322 e. The summed E-state index contributed by atoms with van der Waals surface area (Å²) in [6, 6.07) is 12.0. The maximum absolute atomic E-state index is 12.8.